The molecule has 1 aromatic carbocycles. The maximum Gasteiger partial charge on any atom is 0.243 e. The quantitative estimate of drug-likeness (QED) is 0.893. The summed E-state index contributed by atoms with van der Waals surface area (Å²) in [5.74, 6) is 0. The third-order valence-electron chi connectivity index (χ3n) is 2.51. The van der Waals surface area contributed by atoms with E-state index in [0.717, 1.165) is 5.56 Å². The molecule has 6 nitrogen and oxygen atoms in total. The van der Waals surface area contributed by atoms with Crippen molar-refractivity contribution in [3.05, 3.63) is 47.8 Å². The maximum absolute atomic E-state index is 11.9. The van der Waals surface area contributed by atoms with Gasteiger partial charge in [-0.15, -0.1) is 0 Å². The predicted molar refractivity (Wildman–Crippen MR) is 68.4 cm³/mol. The van der Waals surface area contributed by atoms with Gasteiger partial charge in [0.2, 0.25) is 10.0 Å². The molecule has 0 aliphatic carbocycles. The van der Waals surface area contributed by atoms with Crippen molar-refractivity contribution in [1.82, 2.24) is 14.5 Å². The molecule has 0 fully saturated rings. The van der Waals surface area contributed by atoms with Gasteiger partial charge in [0.15, 0.2) is 0 Å². The van der Waals surface area contributed by atoms with Crippen LogP contribution in [-0.4, -0.2) is 18.2 Å². The van der Waals surface area contributed by atoms with Gasteiger partial charge in [-0.3, -0.25) is 4.68 Å². The van der Waals surface area contributed by atoms with Crippen molar-refractivity contribution in [3.63, 3.8) is 0 Å². The van der Waals surface area contributed by atoms with Crippen LogP contribution in [0.1, 0.15) is 11.1 Å². The van der Waals surface area contributed by atoms with Gasteiger partial charge in [0.05, 0.1) is 17.8 Å². The monoisotopic (exact) mass is 276 g/mol. The fraction of sp³-hybridized carbons (Fsp3) is 0.167. The van der Waals surface area contributed by atoms with Crippen LogP contribution in [-0.2, 0) is 23.6 Å². The normalized spacial score (nSPS) is 11.2. The Labute approximate surface area is 111 Å². The molecule has 1 N–H and O–H groups in total. The summed E-state index contributed by atoms with van der Waals surface area (Å²) >= 11 is 0. The van der Waals surface area contributed by atoms with Gasteiger partial charge in [-0.25, -0.2) is 13.1 Å². The zero-order valence-electron chi connectivity index (χ0n) is 10.2. The Bertz CT molecular complexity index is 728. The number of nitrogens with one attached hydrogen (secondary N) is 1. The summed E-state index contributed by atoms with van der Waals surface area (Å²) in [7, 11) is -1.93. The molecule has 1 aromatic heterocycles. The number of rotatable bonds is 4. The van der Waals surface area contributed by atoms with E-state index >= 15 is 0 Å². The Morgan fingerprint density at radius 3 is 2.89 bits per heavy atom. The summed E-state index contributed by atoms with van der Waals surface area (Å²) < 4.78 is 27.8. The minimum Gasteiger partial charge on any atom is -0.274 e. The highest BCUT2D eigenvalue weighted by molar-refractivity contribution is 7.89. The zero-order valence-corrected chi connectivity index (χ0v) is 11.1. The molecule has 2 aromatic rings. The van der Waals surface area contributed by atoms with Crippen LogP contribution in [0.2, 0.25) is 0 Å². The molecule has 19 heavy (non-hydrogen) atoms. The Balaban J connectivity index is 2.12. The van der Waals surface area contributed by atoms with Crippen molar-refractivity contribution in [3.8, 4) is 6.07 Å². The van der Waals surface area contributed by atoms with E-state index in [2.05, 4.69) is 9.82 Å². The van der Waals surface area contributed by atoms with Crippen LogP contribution in [0.25, 0.3) is 0 Å². The van der Waals surface area contributed by atoms with E-state index in [1.807, 2.05) is 6.07 Å². The first-order valence-corrected chi connectivity index (χ1v) is 6.97. The lowest BCUT2D eigenvalue weighted by Crippen LogP contribution is -2.22. The van der Waals surface area contributed by atoms with Gasteiger partial charge >= 0.3 is 0 Å². The second kappa shape index (κ2) is 5.22. The van der Waals surface area contributed by atoms with Crippen LogP contribution in [0.3, 0.4) is 0 Å². The van der Waals surface area contributed by atoms with E-state index in [9.17, 15) is 8.42 Å². The average molecular weight is 276 g/mol. The molecule has 0 aliphatic heterocycles. The van der Waals surface area contributed by atoms with Crippen molar-refractivity contribution in [2.24, 2.45) is 7.05 Å². The molecule has 98 valence electrons. The predicted octanol–water partition coefficient (Wildman–Crippen LogP) is 0.770. The lowest BCUT2D eigenvalue weighted by molar-refractivity contribution is 0.581. The molecule has 0 spiro atoms. The highest BCUT2D eigenvalue weighted by Gasteiger charge is 2.15. The smallest absolute Gasteiger partial charge is 0.243 e. The fourth-order valence-corrected chi connectivity index (χ4v) is 2.55. The SMILES string of the molecule is Cn1cc(S(=O)(=O)NCc2cccc(C#N)c2)cn1. The summed E-state index contributed by atoms with van der Waals surface area (Å²) in [6.45, 7) is 0.132. The van der Waals surface area contributed by atoms with Crippen LogP contribution in [0, 0.1) is 11.3 Å². The van der Waals surface area contributed by atoms with Crippen LogP contribution in [0.5, 0.6) is 0 Å². The second-order valence-electron chi connectivity index (χ2n) is 3.99. The minimum absolute atomic E-state index is 0.117. The molecule has 7 heteroatoms. The second-order valence-corrected chi connectivity index (χ2v) is 5.75. The lowest BCUT2D eigenvalue weighted by Gasteiger charge is -2.04. The molecule has 0 saturated carbocycles. The van der Waals surface area contributed by atoms with Crippen molar-refractivity contribution >= 4 is 10.0 Å². The highest BCUT2D eigenvalue weighted by atomic mass is 32.2. The lowest BCUT2D eigenvalue weighted by atomic mass is 10.1. The number of sulfonamides is 1. The molecule has 1 heterocycles. The number of hydrogen-bond donors (Lipinski definition) is 1. The van der Waals surface area contributed by atoms with Crippen LogP contribution in [0.15, 0.2) is 41.6 Å². The number of nitrogens with zero attached hydrogens (tertiary/aromatic N) is 3. The van der Waals surface area contributed by atoms with Crippen molar-refractivity contribution < 1.29 is 8.42 Å². The Morgan fingerprint density at radius 2 is 2.26 bits per heavy atom. The number of benzene rings is 1. The van der Waals surface area contributed by atoms with E-state index in [4.69, 9.17) is 5.26 Å². The first-order valence-electron chi connectivity index (χ1n) is 5.48. The Hall–Kier alpha value is -2.17. The van der Waals surface area contributed by atoms with Crippen LogP contribution in [0.4, 0.5) is 0 Å². The van der Waals surface area contributed by atoms with Gasteiger partial charge in [0, 0.05) is 19.8 Å². The first kappa shape index (κ1) is 13.3. The van der Waals surface area contributed by atoms with Crippen molar-refractivity contribution in [2.45, 2.75) is 11.4 Å². The zero-order chi connectivity index (χ0) is 13.9. The minimum atomic E-state index is -3.57. The number of aromatic nitrogens is 2. The van der Waals surface area contributed by atoms with E-state index in [1.165, 1.54) is 17.1 Å². The molecule has 0 aliphatic rings. The molecule has 0 amide bonds. The van der Waals surface area contributed by atoms with Crippen molar-refractivity contribution in [2.75, 3.05) is 0 Å². The average Bonchev–Trinajstić information content (AvgIpc) is 2.84. The van der Waals surface area contributed by atoms with Gasteiger partial charge in [-0.1, -0.05) is 12.1 Å². The van der Waals surface area contributed by atoms with Gasteiger partial charge in [-0.2, -0.15) is 10.4 Å². The summed E-state index contributed by atoms with van der Waals surface area (Å²) in [5.41, 5.74) is 1.23. The van der Waals surface area contributed by atoms with Gasteiger partial charge in [-0.05, 0) is 17.7 Å². The standard InChI is InChI=1S/C12H12N4O2S/c1-16-9-12(8-14-16)19(17,18)15-7-11-4-2-3-10(5-11)6-13/h2-5,8-9,15H,7H2,1H3. The number of nitriles is 1. The Morgan fingerprint density at radius 1 is 1.47 bits per heavy atom. The van der Waals surface area contributed by atoms with Crippen LogP contribution < -0.4 is 4.72 Å². The van der Waals surface area contributed by atoms with E-state index in [-0.39, 0.29) is 11.4 Å². The van der Waals surface area contributed by atoms with E-state index < -0.39 is 10.0 Å². The third-order valence-corrected chi connectivity index (χ3v) is 3.87. The third kappa shape index (κ3) is 3.19. The number of aryl methyl sites for hydroxylation is 1. The fourth-order valence-electron chi connectivity index (χ4n) is 1.55. The first-order chi connectivity index (χ1) is 9.01. The summed E-state index contributed by atoms with van der Waals surface area (Å²) in [6.07, 6.45) is 2.71. The van der Waals surface area contributed by atoms with Gasteiger partial charge in [0.25, 0.3) is 0 Å². The van der Waals surface area contributed by atoms with Gasteiger partial charge < -0.3 is 0 Å². The highest BCUT2D eigenvalue weighted by Crippen LogP contribution is 2.09. The Kier molecular flexibility index (Phi) is 3.64. The molecule has 0 atom stereocenters. The van der Waals surface area contributed by atoms with E-state index in [1.54, 1.807) is 31.3 Å². The maximum atomic E-state index is 11.9. The molecular formula is C12H12N4O2S. The molecule has 2 rings (SSSR count). The van der Waals surface area contributed by atoms with Crippen molar-refractivity contribution in [1.29, 1.82) is 5.26 Å². The topological polar surface area (TPSA) is 87.8 Å². The summed E-state index contributed by atoms with van der Waals surface area (Å²) in [6, 6.07) is 8.79. The molecule has 0 saturated heterocycles. The van der Waals surface area contributed by atoms with Crippen LogP contribution >= 0.6 is 0 Å². The molecular weight excluding hydrogens is 264 g/mol. The largest absolute Gasteiger partial charge is 0.274 e. The summed E-state index contributed by atoms with van der Waals surface area (Å²) in [4.78, 5) is 0.117. The molecule has 0 bridgehead atoms. The van der Waals surface area contributed by atoms with E-state index in [0.29, 0.717) is 5.56 Å². The molecule has 0 unspecified atom stereocenters. The molecule has 0 radical (unpaired) electrons. The van der Waals surface area contributed by atoms with Gasteiger partial charge in [0.1, 0.15) is 4.90 Å². The summed E-state index contributed by atoms with van der Waals surface area (Å²) in [5, 5.41) is 12.6. The number of hydrogen-bond acceptors (Lipinski definition) is 4.